The van der Waals surface area contributed by atoms with Crippen LogP contribution in [-0.2, 0) is 4.79 Å². The molecule has 1 aromatic rings. The molecule has 0 saturated carbocycles. The van der Waals surface area contributed by atoms with Gasteiger partial charge in [0.25, 0.3) is 0 Å². The molecule has 116 valence electrons. The third-order valence-electron chi connectivity index (χ3n) is 2.98. The summed E-state index contributed by atoms with van der Waals surface area (Å²) in [7, 11) is 0. The predicted molar refractivity (Wildman–Crippen MR) is 86.6 cm³/mol. The fourth-order valence-electron chi connectivity index (χ4n) is 1.84. The molecule has 2 amide bonds. The number of aryl methyl sites for hydroxylation is 1. The molecule has 0 spiro atoms. The van der Waals surface area contributed by atoms with Crippen LogP contribution in [-0.4, -0.2) is 23.7 Å². The zero-order valence-corrected chi connectivity index (χ0v) is 13.7. The summed E-state index contributed by atoms with van der Waals surface area (Å²) < 4.78 is 0.853. The summed E-state index contributed by atoms with van der Waals surface area (Å²) in [5.41, 5.74) is 1.86. The number of carbonyl (C=O) groups excluding carboxylic acids is 1. The van der Waals surface area contributed by atoms with Gasteiger partial charge in [-0.1, -0.05) is 18.9 Å². The predicted octanol–water partition coefficient (Wildman–Crippen LogP) is 3.91. The highest BCUT2D eigenvalue weighted by atomic mass is 79.9. The van der Waals surface area contributed by atoms with E-state index in [0.717, 1.165) is 35.0 Å². The molecule has 0 aliphatic rings. The van der Waals surface area contributed by atoms with E-state index in [9.17, 15) is 9.59 Å². The first-order chi connectivity index (χ1) is 9.99. The second kappa shape index (κ2) is 9.39. The molecule has 0 atom stereocenters. The Labute approximate surface area is 133 Å². The molecular weight excluding hydrogens is 336 g/mol. The van der Waals surface area contributed by atoms with Crippen molar-refractivity contribution in [1.29, 1.82) is 0 Å². The first-order valence-corrected chi connectivity index (χ1v) is 7.81. The van der Waals surface area contributed by atoms with Crippen molar-refractivity contribution >= 4 is 33.6 Å². The summed E-state index contributed by atoms with van der Waals surface area (Å²) in [5.74, 6) is -0.754. The molecule has 0 aliphatic heterocycles. The SMILES string of the molecule is Cc1ccc(NC(=O)NCCCCCCC(=O)O)c(Br)c1. The quantitative estimate of drug-likeness (QED) is 0.617. The van der Waals surface area contributed by atoms with Gasteiger partial charge >= 0.3 is 12.0 Å². The van der Waals surface area contributed by atoms with Crippen molar-refractivity contribution in [2.24, 2.45) is 0 Å². The van der Waals surface area contributed by atoms with Gasteiger partial charge in [0.15, 0.2) is 0 Å². The highest BCUT2D eigenvalue weighted by Crippen LogP contribution is 2.23. The summed E-state index contributed by atoms with van der Waals surface area (Å²) in [6.07, 6.45) is 3.55. The molecule has 0 saturated heterocycles. The van der Waals surface area contributed by atoms with E-state index < -0.39 is 5.97 Å². The highest BCUT2D eigenvalue weighted by molar-refractivity contribution is 9.10. The number of unbranched alkanes of at least 4 members (excludes halogenated alkanes) is 3. The van der Waals surface area contributed by atoms with Gasteiger partial charge in [0.05, 0.1) is 5.69 Å². The number of rotatable bonds is 8. The number of halogens is 1. The zero-order valence-electron chi connectivity index (χ0n) is 12.1. The maximum absolute atomic E-state index is 11.7. The molecule has 1 rings (SSSR count). The molecule has 0 aromatic heterocycles. The normalized spacial score (nSPS) is 10.2. The van der Waals surface area contributed by atoms with E-state index in [0.29, 0.717) is 13.0 Å². The van der Waals surface area contributed by atoms with Crippen LogP contribution in [0, 0.1) is 6.92 Å². The average molecular weight is 357 g/mol. The smallest absolute Gasteiger partial charge is 0.319 e. The van der Waals surface area contributed by atoms with Crippen LogP contribution >= 0.6 is 15.9 Å². The van der Waals surface area contributed by atoms with Crippen LogP contribution in [0.15, 0.2) is 22.7 Å². The second-order valence-corrected chi connectivity index (χ2v) is 5.78. The van der Waals surface area contributed by atoms with Gasteiger partial charge in [-0.05, 0) is 53.4 Å². The molecule has 0 fully saturated rings. The number of benzene rings is 1. The maximum atomic E-state index is 11.7. The molecule has 6 heteroatoms. The Balaban J connectivity index is 2.15. The number of amides is 2. The average Bonchev–Trinajstić information content (AvgIpc) is 2.40. The molecule has 0 aliphatic carbocycles. The Hall–Kier alpha value is -1.56. The van der Waals surface area contributed by atoms with Gasteiger partial charge in [0.2, 0.25) is 0 Å². The van der Waals surface area contributed by atoms with E-state index >= 15 is 0 Å². The lowest BCUT2D eigenvalue weighted by Crippen LogP contribution is -2.29. The van der Waals surface area contributed by atoms with E-state index in [1.165, 1.54) is 0 Å². The molecule has 0 radical (unpaired) electrons. The third kappa shape index (κ3) is 7.70. The fourth-order valence-corrected chi connectivity index (χ4v) is 2.44. The molecule has 0 bridgehead atoms. The number of carboxylic acids is 1. The van der Waals surface area contributed by atoms with Gasteiger partial charge in [-0.3, -0.25) is 4.79 Å². The van der Waals surface area contributed by atoms with Gasteiger partial charge in [0, 0.05) is 17.4 Å². The Morgan fingerprint density at radius 1 is 1.19 bits per heavy atom. The Morgan fingerprint density at radius 3 is 2.57 bits per heavy atom. The van der Waals surface area contributed by atoms with Crippen LogP contribution in [0.25, 0.3) is 0 Å². The van der Waals surface area contributed by atoms with Gasteiger partial charge in [-0.15, -0.1) is 0 Å². The van der Waals surface area contributed by atoms with Crippen molar-refractivity contribution in [3.05, 3.63) is 28.2 Å². The van der Waals surface area contributed by atoms with E-state index in [1.807, 2.05) is 25.1 Å². The first-order valence-electron chi connectivity index (χ1n) is 7.02. The Kier molecular flexibility index (Phi) is 7.82. The zero-order chi connectivity index (χ0) is 15.7. The molecule has 5 nitrogen and oxygen atoms in total. The molecule has 0 unspecified atom stereocenters. The number of nitrogens with one attached hydrogen (secondary N) is 2. The minimum absolute atomic E-state index is 0.218. The molecule has 1 aromatic carbocycles. The summed E-state index contributed by atoms with van der Waals surface area (Å²) >= 11 is 3.41. The van der Waals surface area contributed by atoms with Crippen molar-refractivity contribution in [1.82, 2.24) is 5.32 Å². The van der Waals surface area contributed by atoms with E-state index in [1.54, 1.807) is 0 Å². The van der Waals surface area contributed by atoms with Crippen LogP contribution in [0.4, 0.5) is 10.5 Å². The standard InChI is InChI=1S/C15H21BrN2O3/c1-11-7-8-13(12(16)10-11)18-15(21)17-9-5-3-2-4-6-14(19)20/h7-8,10H,2-6,9H2,1H3,(H,19,20)(H2,17,18,21). The van der Waals surface area contributed by atoms with Gasteiger partial charge in [-0.25, -0.2) is 4.79 Å². The minimum Gasteiger partial charge on any atom is -0.481 e. The topological polar surface area (TPSA) is 78.4 Å². The van der Waals surface area contributed by atoms with Crippen molar-refractivity contribution in [2.75, 3.05) is 11.9 Å². The number of carbonyl (C=O) groups is 2. The Bertz CT molecular complexity index is 492. The van der Waals surface area contributed by atoms with Crippen LogP contribution in [0.3, 0.4) is 0 Å². The van der Waals surface area contributed by atoms with Crippen LogP contribution in [0.1, 0.15) is 37.7 Å². The molecule has 0 heterocycles. The summed E-state index contributed by atoms with van der Waals surface area (Å²) in [6, 6.07) is 5.50. The monoisotopic (exact) mass is 356 g/mol. The minimum atomic E-state index is -0.754. The van der Waals surface area contributed by atoms with E-state index in [2.05, 4.69) is 26.6 Å². The Morgan fingerprint density at radius 2 is 1.90 bits per heavy atom. The number of carboxylic acid groups (broad SMARTS) is 1. The van der Waals surface area contributed by atoms with Gasteiger partial charge < -0.3 is 15.7 Å². The van der Waals surface area contributed by atoms with E-state index in [4.69, 9.17) is 5.11 Å². The molecular formula is C15H21BrN2O3. The van der Waals surface area contributed by atoms with Crippen molar-refractivity contribution in [2.45, 2.75) is 39.0 Å². The number of hydrogen-bond acceptors (Lipinski definition) is 2. The van der Waals surface area contributed by atoms with Crippen molar-refractivity contribution in [3.63, 3.8) is 0 Å². The molecule has 21 heavy (non-hydrogen) atoms. The van der Waals surface area contributed by atoms with Crippen LogP contribution < -0.4 is 10.6 Å². The summed E-state index contributed by atoms with van der Waals surface area (Å²) in [6.45, 7) is 2.57. The fraction of sp³-hybridized carbons (Fsp3) is 0.467. The largest absolute Gasteiger partial charge is 0.481 e. The number of aliphatic carboxylic acids is 1. The lowest BCUT2D eigenvalue weighted by Gasteiger charge is -2.09. The maximum Gasteiger partial charge on any atom is 0.319 e. The van der Waals surface area contributed by atoms with Gasteiger partial charge in [0.1, 0.15) is 0 Å². The lowest BCUT2D eigenvalue weighted by molar-refractivity contribution is -0.137. The van der Waals surface area contributed by atoms with E-state index in [-0.39, 0.29) is 12.5 Å². The van der Waals surface area contributed by atoms with Gasteiger partial charge in [-0.2, -0.15) is 0 Å². The van der Waals surface area contributed by atoms with Crippen molar-refractivity contribution < 1.29 is 14.7 Å². The number of urea groups is 1. The number of anilines is 1. The summed E-state index contributed by atoms with van der Waals surface area (Å²) in [5, 5.41) is 14.1. The van der Waals surface area contributed by atoms with Crippen LogP contribution in [0.5, 0.6) is 0 Å². The molecule has 3 N–H and O–H groups in total. The second-order valence-electron chi connectivity index (χ2n) is 4.92. The number of hydrogen-bond donors (Lipinski definition) is 3. The summed E-state index contributed by atoms with van der Waals surface area (Å²) in [4.78, 5) is 22.0. The first kappa shape index (κ1) is 17.5. The lowest BCUT2D eigenvalue weighted by atomic mass is 10.1. The highest BCUT2D eigenvalue weighted by Gasteiger charge is 2.04. The van der Waals surface area contributed by atoms with Crippen molar-refractivity contribution in [3.8, 4) is 0 Å². The van der Waals surface area contributed by atoms with Crippen LogP contribution in [0.2, 0.25) is 0 Å². The third-order valence-corrected chi connectivity index (χ3v) is 3.63.